The third-order valence-electron chi connectivity index (χ3n) is 3.52. The molecule has 0 saturated heterocycles. The smallest absolute Gasteiger partial charge is 0.244 e. The van der Waals surface area contributed by atoms with Gasteiger partial charge in [0, 0.05) is 21.4 Å². The van der Waals surface area contributed by atoms with Crippen molar-refractivity contribution in [3.8, 4) is 11.6 Å². The Morgan fingerprint density at radius 2 is 1.92 bits per heavy atom. The minimum absolute atomic E-state index is 0.318. The number of aromatic nitrogens is 3. The van der Waals surface area contributed by atoms with E-state index in [0.29, 0.717) is 28.8 Å². The number of benzene rings is 1. The molecule has 7 nitrogen and oxygen atoms in total. The number of nitrogen functional groups attached to an aromatic ring is 1. The average Bonchev–Trinajstić information content (AvgIpc) is 3.16. The van der Waals surface area contributed by atoms with Gasteiger partial charge in [-0.2, -0.15) is 0 Å². The highest BCUT2D eigenvalue weighted by molar-refractivity contribution is 9.10. The standard InChI is InChI=1S/C17H11BrN6O/c18-11-2-1-10-8-22-16(19)15(13(10)7-11)24-23-12-3-4-14(21-9-12)17-20-5-6-25-17/h1-9H,(H2,19,22). The Labute approximate surface area is 150 Å². The molecule has 0 bridgehead atoms. The normalized spacial score (nSPS) is 11.4. The fourth-order valence-corrected chi connectivity index (χ4v) is 2.68. The van der Waals surface area contributed by atoms with Crippen LogP contribution in [0.25, 0.3) is 22.4 Å². The van der Waals surface area contributed by atoms with Crippen LogP contribution in [0.1, 0.15) is 0 Å². The van der Waals surface area contributed by atoms with Crippen molar-refractivity contribution >= 4 is 43.9 Å². The van der Waals surface area contributed by atoms with Gasteiger partial charge in [-0.3, -0.25) is 0 Å². The Morgan fingerprint density at radius 1 is 1.00 bits per heavy atom. The van der Waals surface area contributed by atoms with E-state index in [1.165, 1.54) is 6.26 Å². The highest BCUT2D eigenvalue weighted by Crippen LogP contribution is 2.33. The molecular weight excluding hydrogens is 384 g/mol. The van der Waals surface area contributed by atoms with E-state index in [0.717, 1.165) is 15.2 Å². The van der Waals surface area contributed by atoms with Gasteiger partial charge in [0.15, 0.2) is 5.82 Å². The van der Waals surface area contributed by atoms with Gasteiger partial charge in [0.05, 0.1) is 12.4 Å². The Kier molecular flexibility index (Phi) is 3.95. The summed E-state index contributed by atoms with van der Waals surface area (Å²) in [4.78, 5) is 12.5. The molecule has 0 amide bonds. The molecule has 3 aromatic heterocycles. The summed E-state index contributed by atoms with van der Waals surface area (Å²) in [5.41, 5.74) is 7.71. The third kappa shape index (κ3) is 3.11. The quantitative estimate of drug-likeness (QED) is 0.489. The van der Waals surface area contributed by atoms with Gasteiger partial charge in [-0.1, -0.05) is 22.0 Å². The zero-order valence-electron chi connectivity index (χ0n) is 12.8. The number of azo groups is 1. The first-order valence-electron chi connectivity index (χ1n) is 7.32. The van der Waals surface area contributed by atoms with Crippen LogP contribution in [0.15, 0.2) is 74.3 Å². The molecule has 0 unspecified atom stereocenters. The summed E-state index contributed by atoms with van der Waals surface area (Å²) in [5.74, 6) is 0.773. The molecule has 0 fully saturated rings. The van der Waals surface area contributed by atoms with E-state index in [1.807, 2.05) is 18.2 Å². The second-order valence-electron chi connectivity index (χ2n) is 5.16. The Bertz CT molecular complexity index is 1060. The lowest BCUT2D eigenvalue weighted by Crippen LogP contribution is -1.90. The van der Waals surface area contributed by atoms with E-state index < -0.39 is 0 Å². The SMILES string of the molecule is Nc1ncc2ccc(Br)cc2c1N=Nc1ccc(-c2ncco2)nc1. The predicted molar refractivity (Wildman–Crippen MR) is 97.8 cm³/mol. The highest BCUT2D eigenvalue weighted by Gasteiger charge is 2.08. The van der Waals surface area contributed by atoms with E-state index >= 15 is 0 Å². The number of anilines is 1. The molecule has 2 N–H and O–H groups in total. The fourth-order valence-electron chi connectivity index (χ4n) is 2.32. The minimum Gasteiger partial charge on any atom is -0.443 e. The monoisotopic (exact) mass is 394 g/mol. The molecule has 3 heterocycles. The Balaban J connectivity index is 1.69. The van der Waals surface area contributed by atoms with E-state index in [1.54, 1.807) is 30.7 Å². The van der Waals surface area contributed by atoms with Gasteiger partial charge < -0.3 is 10.2 Å². The largest absolute Gasteiger partial charge is 0.443 e. The average molecular weight is 395 g/mol. The summed E-state index contributed by atoms with van der Waals surface area (Å²) in [5, 5.41) is 10.3. The minimum atomic E-state index is 0.318. The van der Waals surface area contributed by atoms with Crippen molar-refractivity contribution in [1.82, 2.24) is 15.0 Å². The van der Waals surface area contributed by atoms with Gasteiger partial charge in [0.1, 0.15) is 23.3 Å². The van der Waals surface area contributed by atoms with E-state index in [2.05, 4.69) is 41.1 Å². The maximum atomic E-state index is 5.97. The van der Waals surface area contributed by atoms with Crippen molar-refractivity contribution in [3.05, 3.63) is 59.7 Å². The van der Waals surface area contributed by atoms with Crippen LogP contribution in [0, 0.1) is 0 Å². The van der Waals surface area contributed by atoms with Crippen LogP contribution in [0.5, 0.6) is 0 Å². The zero-order valence-corrected chi connectivity index (χ0v) is 14.4. The van der Waals surface area contributed by atoms with Crippen molar-refractivity contribution in [3.63, 3.8) is 0 Å². The Hall–Kier alpha value is -3.13. The van der Waals surface area contributed by atoms with Gasteiger partial charge in [-0.05, 0) is 24.3 Å². The number of fused-ring (bicyclic) bond motifs is 1. The second-order valence-corrected chi connectivity index (χ2v) is 6.08. The van der Waals surface area contributed by atoms with Gasteiger partial charge in [-0.15, -0.1) is 10.2 Å². The fraction of sp³-hybridized carbons (Fsp3) is 0. The summed E-state index contributed by atoms with van der Waals surface area (Å²) in [7, 11) is 0. The number of hydrogen-bond acceptors (Lipinski definition) is 7. The summed E-state index contributed by atoms with van der Waals surface area (Å²) in [6.45, 7) is 0. The molecule has 1 aromatic carbocycles. The van der Waals surface area contributed by atoms with Crippen molar-refractivity contribution < 1.29 is 4.42 Å². The molecule has 122 valence electrons. The van der Waals surface area contributed by atoms with Crippen molar-refractivity contribution in [2.24, 2.45) is 10.2 Å². The number of nitrogens with zero attached hydrogens (tertiary/aromatic N) is 5. The number of rotatable bonds is 3. The molecule has 0 aliphatic carbocycles. The topological polar surface area (TPSA) is 103 Å². The van der Waals surface area contributed by atoms with Crippen LogP contribution in [-0.2, 0) is 0 Å². The summed E-state index contributed by atoms with van der Waals surface area (Å²) in [6, 6.07) is 9.36. The summed E-state index contributed by atoms with van der Waals surface area (Å²) < 4.78 is 6.14. The predicted octanol–water partition coefficient (Wildman–Crippen LogP) is 5.04. The van der Waals surface area contributed by atoms with Gasteiger partial charge in [-0.25, -0.2) is 15.0 Å². The molecule has 0 aliphatic rings. The molecule has 4 rings (SSSR count). The van der Waals surface area contributed by atoms with Crippen LogP contribution in [-0.4, -0.2) is 15.0 Å². The van der Waals surface area contributed by atoms with Gasteiger partial charge in [0.25, 0.3) is 0 Å². The van der Waals surface area contributed by atoms with E-state index in [4.69, 9.17) is 10.2 Å². The Morgan fingerprint density at radius 3 is 2.68 bits per heavy atom. The van der Waals surface area contributed by atoms with Crippen molar-refractivity contribution in [1.29, 1.82) is 0 Å². The van der Waals surface area contributed by atoms with Crippen molar-refractivity contribution in [2.75, 3.05) is 5.73 Å². The van der Waals surface area contributed by atoms with Gasteiger partial charge in [0.2, 0.25) is 5.89 Å². The first-order chi connectivity index (χ1) is 12.2. The van der Waals surface area contributed by atoms with Gasteiger partial charge >= 0.3 is 0 Å². The van der Waals surface area contributed by atoms with E-state index in [-0.39, 0.29) is 0 Å². The van der Waals surface area contributed by atoms with Crippen LogP contribution in [0.3, 0.4) is 0 Å². The first kappa shape index (κ1) is 15.4. The molecule has 0 spiro atoms. The highest BCUT2D eigenvalue weighted by atomic mass is 79.9. The second kappa shape index (κ2) is 6.40. The maximum absolute atomic E-state index is 5.97. The molecule has 0 aliphatic heterocycles. The maximum Gasteiger partial charge on any atom is 0.244 e. The summed E-state index contributed by atoms with van der Waals surface area (Å²) >= 11 is 3.46. The number of hydrogen-bond donors (Lipinski definition) is 1. The lowest BCUT2D eigenvalue weighted by atomic mass is 10.1. The van der Waals surface area contributed by atoms with Crippen LogP contribution < -0.4 is 5.73 Å². The lowest BCUT2D eigenvalue weighted by molar-refractivity contribution is 0.572. The van der Waals surface area contributed by atoms with Crippen LogP contribution in [0.4, 0.5) is 17.2 Å². The molecule has 0 radical (unpaired) electrons. The zero-order chi connectivity index (χ0) is 17.2. The molecule has 4 aromatic rings. The molecule has 0 saturated carbocycles. The number of oxazole rings is 1. The van der Waals surface area contributed by atoms with Crippen LogP contribution in [0.2, 0.25) is 0 Å². The van der Waals surface area contributed by atoms with E-state index in [9.17, 15) is 0 Å². The first-order valence-corrected chi connectivity index (χ1v) is 8.11. The third-order valence-corrected chi connectivity index (χ3v) is 4.01. The summed E-state index contributed by atoms with van der Waals surface area (Å²) in [6.07, 6.45) is 6.37. The molecule has 0 atom stereocenters. The number of halogens is 1. The molecular formula is C17H11BrN6O. The molecule has 8 heteroatoms. The van der Waals surface area contributed by atoms with Crippen LogP contribution >= 0.6 is 15.9 Å². The number of nitrogens with two attached hydrogens (primary N) is 1. The number of pyridine rings is 2. The lowest BCUT2D eigenvalue weighted by Gasteiger charge is -2.04. The molecule has 25 heavy (non-hydrogen) atoms. The van der Waals surface area contributed by atoms with Crippen molar-refractivity contribution in [2.45, 2.75) is 0 Å².